The second-order valence-corrected chi connectivity index (χ2v) is 5.04. The van der Waals surface area contributed by atoms with E-state index >= 15 is 0 Å². The molecule has 0 unspecified atom stereocenters. The lowest BCUT2D eigenvalue weighted by Gasteiger charge is -2.34. The zero-order valence-electron chi connectivity index (χ0n) is 10.7. The van der Waals surface area contributed by atoms with Gasteiger partial charge in [-0.3, -0.25) is 14.8 Å². The molecule has 2 aromatic heterocycles. The van der Waals surface area contributed by atoms with Crippen molar-refractivity contribution in [2.45, 2.75) is 31.8 Å². The highest BCUT2D eigenvalue weighted by atomic mass is 16.3. The van der Waals surface area contributed by atoms with Crippen LogP contribution in [0, 0.1) is 0 Å². The number of piperidine rings is 1. The highest BCUT2D eigenvalue weighted by Gasteiger charge is 2.22. The van der Waals surface area contributed by atoms with E-state index in [1.165, 1.54) is 4.52 Å². The molecule has 0 aromatic carbocycles. The molecule has 3 heterocycles. The molecule has 0 spiro atoms. The third-order valence-electron chi connectivity index (χ3n) is 3.76. The fourth-order valence-corrected chi connectivity index (χ4v) is 2.74. The lowest BCUT2D eigenvalue weighted by Crippen LogP contribution is -2.41. The first kappa shape index (κ1) is 12.4. The first-order valence-corrected chi connectivity index (χ1v) is 6.69. The van der Waals surface area contributed by atoms with E-state index in [2.05, 4.69) is 15.0 Å². The normalized spacial score (nSPS) is 21.0. The summed E-state index contributed by atoms with van der Waals surface area (Å²) in [4.78, 5) is 18.6. The van der Waals surface area contributed by atoms with Crippen LogP contribution in [0.5, 0.6) is 0 Å². The predicted octanol–water partition coefficient (Wildman–Crippen LogP) is 0.369. The minimum absolute atomic E-state index is 0.0949. The van der Waals surface area contributed by atoms with Gasteiger partial charge in [0.1, 0.15) is 0 Å². The number of nitrogens with zero attached hydrogens (tertiary/aromatic N) is 3. The number of aromatic amines is 1. The Hall–Kier alpha value is -1.66. The van der Waals surface area contributed by atoms with Gasteiger partial charge in [0, 0.05) is 30.9 Å². The molecule has 6 nitrogen and oxygen atoms in total. The minimum atomic E-state index is -0.0949. The highest BCUT2D eigenvalue weighted by molar-refractivity contribution is 5.36. The molecule has 19 heavy (non-hydrogen) atoms. The fourth-order valence-electron chi connectivity index (χ4n) is 2.74. The number of hydrogen-bond acceptors (Lipinski definition) is 4. The molecule has 2 N–H and O–H groups in total. The maximum absolute atomic E-state index is 11.9. The van der Waals surface area contributed by atoms with Gasteiger partial charge in [0.05, 0.1) is 12.3 Å². The van der Waals surface area contributed by atoms with Crippen LogP contribution in [-0.4, -0.2) is 43.8 Å². The van der Waals surface area contributed by atoms with Crippen molar-refractivity contribution in [2.24, 2.45) is 0 Å². The number of H-pyrrole nitrogens is 1. The molecule has 1 saturated heterocycles. The van der Waals surface area contributed by atoms with Crippen molar-refractivity contribution in [1.82, 2.24) is 19.5 Å². The van der Waals surface area contributed by atoms with Crippen LogP contribution in [0.25, 0.3) is 5.65 Å². The van der Waals surface area contributed by atoms with Gasteiger partial charge in [-0.05, 0) is 19.4 Å². The summed E-state index contributed by atoms with van der Waals surface area (Å²) in [5.74, 6) is 0. The predicted molar refractivity (Wildman–Crippen MR) is 70.9 cm³/mol. The fraction of sp³-hybridized carbons (Fsp3) is 0.538. The summed E-state index contributed by atoms with van der Waals surface area (Å²) in [5, 5.41) is 12.2. The maximum atomic E-state index is 11.9. The van der Waals surface area contributed by atoms with Crippen LogP contribution < -0.4 is 5.56 Å². The molecule has 1 aliphatic rings. The van der Waals surface area contributed by atoms with Crippen molar-refractivity contribution >= 4 is 5.65 Å². The number of rotatable bonds is 3. The van der Waals surface area contributed by atoms with Crippen molar-refractivity contribution in [3.8, 4) is 0 Å². The number of aliphatic hydroxyl groups is 1. The molecule has 6 heteroatoms. The second-order valence-electron chi connectivity index (χ2n) is 5.04. The lowest BCUT2D eigenvalue weighted by molar-refractivity contribution is 0.0831. The van der Waals surface area contributed by atoms with Crippen LogP contribution in [0.3, 0.4) is 0 Å². The van der Waals surface area contributed by atoms with Gasteiger partial charge in [0.15, 0.2) is 5.65 Å². The third-order valence-corrected chi connectivity index (χ3v) is 3.76. The molecule has 102 valence electrons. The molecule has 1 atom stereocenters. The number of nitrogens with one attached hydrogen (secondary N) is 1. The Morgan fingerprint density at radius 2 is 2.37 bits per heavy atom. The van der Waals surface area contributed by atoms with Gasteiger partial charge in [-0.1, -0.05) is 6.42 Å². The lowest BCUT2D eigenvalue weighted by atomic mass is 10.0. The highest BCUT2D eigenvalue weighted by Crippen LogP contribution is 2.18. The Labute approximate surface area is 110 Å². The van der Waals surface area contributed by atoms with E-state index in [9.17, 15) is 9.90 Å². The summed E-state index contributed by atoms with van der Waals surface area (Å²) in [6, 6.07) is 3.54. The van der Waals surface area contributed by atoms with Crippen molar-refractivity contribution in [3.63, 3.8) is 0 Å². The standard InChI is InChI=1S/C13H18N4O2/c18-9-11-3-1-2-6-16(11)8-10-7-13(19)17-12(15-10)4-5-14-17/h4-5,7,11,14,18H,1-3,6,8-9H2/t11-/m1/s1. The van der Waals surface area contributed by atoms with E-state index in [4.69, 9.17) is 0 Å². The Kier molecular flexibility index (Phi) is 3.35. The Balaban J connectivity index is 1.85. The second kappa shape index (κ2) is 5.14. The molecule has 0 bridgehead atoms. The number of hydrogen-bond donors (Lipinski definition) is 2. The summed E-state index contributed by atoms with van der Waals surface area (Å²) >= 11 is 0. The molecular weight excluding hydrogens is 244 g/mol. The minimum Gasteiger partial charge on any atom is -0.395 e. The SMILES string of the molecule is O=c1cc(CN2CCCC[C@@H]2CO)nc2cc[nH]n12. The van der Waals surface area contributed by atoms with Gasteiger partial charge >= 0.3 is 0 Å². The zero-order valence-corrected chi connectivity index (χ0v) is 10.7. The Morgan fingerprint density at radius 1 is 1.47 bits per heavy atom. The van der Waals surface area contributed by atoms with Crippen molar-refractivity contribution in [2.75, 3.05) is 13.2 Å². The monoisotopic (exact) mass is 262 g/mol. The molecule has 1 aliphatic heterocycles. The van der Waals surface area contributed by atoms with Gasteiger partial charge in [-0.25, -0.2) is 9.50 Å². The van der Waals surface area contributed by atoms with Gasteiger partial charge in [0.25, 0.3) is 5.56 Å². The molecule has 3 rings (SSSR count). The first-order valence-electron chi connectivity index (χ1n) is 6.69. The first-order chi connectivity index (χ1) is 9.28. The number of fused-ring (bicyclic) bond motifs is 1. The van der Waals surface area contributed by atoms with Crippen LogP contribution in [0.4, 0.5) is 0 Å². The van der Waals surface area contributed by atoms with Gasteiger partial charge < -0.3 is 5.11 Å². The van der Waals surface area contributed by atoms with Gasteiger partial charge in [-0.15, -0.1) is 0 Å². The smallest absolute Gasteiger partial charge is 0.272 e. The summed E-state index contributed by atoms with van der Waals surface area (Å²) in [6.45, 7) is 1.76. The molecular formula is C13H18N4O2. The molecule has 1 fully saturated rings. The largest absolute Gasteiger partial charge is 0.395 e. The number of likely N-dealkylation sites (tertiary alicyclic amines) is 1. The van der Waals surface area contributed by atoms with E-state index < -0.39 is 0 Å². The van der Waals surface area contributed by atoms with Crippen LogP contribution in [0.15, 0.2) is 23.1 Å². The van der Waals surface area contributed by atoms with E-state index in [1.54, 1.807) is 18.3 Å². The number of aromatic nitrogens is 3. The molecule has 2 aromatic rings. The van der Waals surface area contributed by atoms with E-state index in [1.807, 2.05) is 0 Å². The van der Waals surface area contributed by atoms with E-state index in [0.717, 1.165) is 31.5 Å². The molecule has 0 radical (unpaired) electrons. The van der Waals surface area contributed by atoms with Crippen LogP contribution in [0.1, 0.15) is 25.0 Å². The van der Waals surface area contributed by atoms with Crippen LogP contribution in [-0.2, 0) is 6.54 Å². The topological polar surface area (TPSA) is 73.6 Å². The summed E-state index contributed by atoms with van der Waals surface area (Å²) in [6.07, 6.45) is 5.02. The van der Waals surface area contributed by atoms with Crippen LogP contribution >= 0.6 is 0 Å². The van der Waals surface area contributed by atoms with Gasteiger partial charge in [0.2, 0.25) is 0 Å². The maximum Gasteiger partial charge on any atom is 0.272 e. The van der Waals surface area contributed by atoms with Crippen molar-refractivity contribution in [1.29, 1.82) is 0 Å². The summed E-state index contributed by atoms with van der Waals surface area (Å²) in [7, 11) is 0. The average Bonchev–Trinajstić information content (AvgIpc) is 2.88. The molecule has 0 amide bonds. The van der Waals surface area contributed by atoms with E-state index in [-0.39, 0.29) is 18.2 Å². The quantitative estimate of drug-likeness (QED) is 0.838. The number of aliphatic hydroxyl groups excluding tert-OH is 1. The molecule has 0 saturated carbocycles. The Bertz CT molecular complexity index is 618. The van der Waals surface area contributed by atoms with Gasteiger partial charge in [-0.2, -0.15) is 0 Å². The Morgan fingerprint density at radius 3 is 3.21 bits per heavy atom. The van der Waals surface area contributed by atoms with E-state index in [0.29, 0.717) is 12.2 Å². The van der Waals surface area contributed by atoms with Crippen molar-refractivity contribution < 1.29 is 5.11 Å². The summed E-state index contributed by atoms with van der Waals surface area (Å²) < 4.78 is 1.42. The zero-order chi connectivity index (χ0) is 13.2. The molecule has 0 aliphatic carbocycles. The average molecular weight is 262 g/mol. The summed E-state index contributed by atoms with van der Waals surface area (Å²) in [5.41, 5.74) is 1.31. The van der Waals surface area contributed by atoms with Crippen molar-refractivity contribution in [3.05, 3.63) is 34.4 Å². The van der Waals surface area contributed by atoms with Crippen LogP contribution in [0.2, 0.25) is 0 Å². The third kappa shape index (κ3) is 2.41.